The second-order valence-electron chi connectivity index (χ2n) is 5.11. The molecule has 0 fully saturated rings. The highest BCUT2D eigenvalue weighted by atomic mass is 32.2. The van der Waals surface area contributed by atoms with Crippen molar-refractivity contribution in [3.8, 4) is 0 Å². The molecule has 0 radical (unpaired) electrons. The van der Waals surface area contributed by atoms with Gasteiger partial charge in [-0.05, 0) is 12.5 Å². The monoisotopic (exact) mass is 316 g/mol. The summed E-state index contributed by atoms with van der Waals surface area (Å²) in [6, 6.07) is 7.33. The molecule has 0 saturated carbocycles. The van der Waals surface area contributed by atoms with E-state index in [1.165, 1.54) is 11.8 Å². The minimum absolute atomic E-state index is 0.0429. The van der Waals surface area contributed by atoms with Crippen molar-refractivity contribution in [1.82, 2.24) is 20.5 Å². The molecule has 2 N–H and O–H groups in total. The predicted molar refractivity (Wildman–Crippen MR) is 83.0 cm³/mol. The first kappa shape index (κ1) is 14.8. The van der Waals surface area contributed by atoms with E-state index in [0.717, 1.165) is 11.4 Å². The molecule has 3 rings (SSSR count). The van der Waals surface area contributed by atoms with Crippen molar-refractivity contribution in [3.05, 3.63) is 41.2 Å². The lowest BCUT2D eigenvalue weighted by molar-refractivity contribution is -0.122. The molecule has 6 nitrogen and oxygen atoms in total. The van der Waals surface area contributed by atoms with Gasteiger partial charge in [0.2, 0.25) is 11.1 Å². The molecule has 1 aromatic heterocycles. The summed E-state index contributed by atoms with van der Waals surface area (Å²) < 4.78 is 0. The number of carbonyl (C=O) groups is 2. The van der Waals surface area contributed by atoms with Gasteiger partial charge in [0.15, 0.2) is 5.78 Å². The molecule has 1 atom stereocenters. The van der Waals surface area contributed by atoms with E-state index in [2.05, 4.69) is 20.5 Å². The van der Waals surface area contributed by atoms with Crippen LogP contribution in [0.15, 0.2) is 29.4 Å². The van der Waals surface area contributed by atoms with Gasteiger partial charge < -0.3 is 5.32 Å². The zero-order valence-corrected chi connectivity index (χ0v) is 12.9. The first-order valence-electron chi connectivity index (χ1n) is 7.07. The van der Waals surface area contributed by atoms with Crippen LogP contribution in [-0.2, 0) is 4.79 Å². The Kier molecular flexibility index (Phi) is 4.24. The molecule has 0 aliphatic heterocycles. The largest absolute Gasteiger partial charge is 0.355 e. The molecule has 1 amide bonds. The number of fused-ring (bicyclic) bond motifs is 1. The summed E-state index contributed by atoms with van der Waals surface area (Å²) in [7, 11) is 0. The highest BCUT2D eigenvalue weighted by Crippen LogP contribution is 2.32. The van der Waals surface area contributed by atoms with Gasteiger partial charge >= 0.3 is 0 Å². The van der Waals surface area contributed by atoms with Crippen LogP contribution in [0.2, 0.25) is 0 Å². The fourth-order valence-corrected chi connectivity index (χ4v) is 3.22. The van der Waals surface area contributed by atoms with Crippen LogP contribution in [0.25, 0.3) is 0 Å². The Morgan fingerprint density at radius 3 is 3.05 bits per heavy atom. The zero-order valence-electron chi connectivity index (χ0n) is 12.1. The van der Waals surface area contributed by atoms with E-state index in [-0.39, 0.29) is 24.0 Å². The number of carbonyl (C=O) groups excluding carboxylic acids is 2. The van der Waals surface area contributed by atoms with Gasteiger partial charge in [-0.3, -0.25) is 14.7 Å². The van der Waals surface area contributed by atoms with E-state index in [0.29, 0.717) is 23.0 Å². The maximum Gasteiger partial charge on any atom is 0.228 e. The normalized spacial score (nSPS) is 16.6. The number of H-pyrrole nitrogens is 1. The molecule has 0 unspecified atom stereocenters. The fourth-order valence-electron chi connectivity index (χ4n) is 2.52. The summed E-state index contributed by atoms with van der Waals surface area (Å²) in [5, 5.41) is 10.4. The second kappa shape index (κ2) is 6.31. The van der Waals surface area contributed by atoms with Crippen molar-refractivity contribution in [2.45, 2.75) is 24.4 Å². The quantitative estimate of drug-likeness (QED) is 0.647. The summed E-state index contributed by atoms with van der Waals surface area (Å²) in [5.41, 5.74) is 1.51. The van der Waals surface area contributed by atoms with E-state index in [1.807, 2.05) is 25.1 Å². The molecule has 0 saturated heterocycles. The van der Waals surface area contributed by atoms with Gasteiger partial charge in [-0.15, -0.1) is 5.10 Å². The topological polar surface area (TPSA) is 87.7 Å². The summed E-state index contributed by atoms with van der Waals surface area (Å²) in [6.07, 6.45) is 0.262. The first-order valence-corrected chi connectivity index (χ1v) is 8.05. The standard InChI is InChI=1S/C15H16N4O2S/c1-9-17-15(19-18-9)22-7-6-16-14(21)12-8-13(20)11-5-3-2-4-10(11)12/h2-5,12H,6-8H2,1H3,(H,16,21)(H,17,18,19)/t12-/m1/s1. The number of ketones is 1. The van der Waals surface area contributed by atoms with Gasteiger partial charge in [0.05, 0.1) is 5.92 Å². The third-order valence-corrected chi connectivity index (χ3v) is 4.40. The number of thioether (sulfide) groups is 1. The number of amides is 1. The number of hydrogen-bond acceptors (Lipinski definition) is 5. The summed E-state index contributed by atoms with van der Waals surface area (Å²) >= 11 is 1.48. The molecule has 2 aromatic rings. The van der Waals surface area contributed by atoms with Crippen LogP contribution in [-0.4, -0.2) is 39.2 Å². The van der Waals surface area contributed by atoms with Crippen LogP contribution >= 0.6 is 11.8 Å². The maximum atomic E-state index is 12.3. The van der Waals surface area contributed by atoms with Crippen LogP contribution in [0.5, 0.6) is 0 Å². The number of rotatable bonds is 5. The van der Waals surface area contributed by atoms with Gasteiger partial charge in [0.1, 0.15) is 5.82 Å². The zero-order chi connectivity index (χ0) is 15.5. The SMILES string of the molecule is Cc1nc(SCCNC(=O)[C@@H]2CC(=O)c3ccccc32)n[nH]1. The van der Waals surface area contributed by atoms with Crippen molar-refractivity contribution in [2.24, 2.45) is 0 Å². The van der Waals surface area contributed by atoms with Gasteiger partial charge in [-0.1, -0.05) is 36.0 Å². The molecule has 1 heterocycles. The lowest BCUT2D eigenvalue weighted by Gasteiger charge is -2.11. The molecule has 1 aromatic carbocycles. The van der Waals surface area contributed by atoms with E-state index in [9.17, 15) is 9.59 Å². The van der Waals surface area contributed by atoms with Crippen molar-refractivity contribution < 1.29 is 9.59 Å². The van der Waals surface area contributed by atoms with E-state index < -0.39 is 0 Å². The first-order chi connectivity index (χ1) is 10.6. The Bertz CT molecular complexity index is 713. The minimum Gasteiger partial charge on any atom is -0.355 e. The minimum atomic E-state index is -0.362. The van der Waals surface area contributed by atoms with Gasteiger partial charge in [-0.25, -0.2) is 4.98 Å². The van der Waals surface area contributed by atoms with Gasteiger partial charge in [0.25, 0.3) is 0 Å². The van der Waals surface area contributed by atoms with Crippen LogP contribution in [0, 0.1) is 6.92 Å². The number of aryl methyl sites for hydroxylation is 1. The summed E-state index contributed by atoms with van der Waals surface area (Å²) in [4.78, 5) is 28.3. The lowest BCUT2D eigenvalue weighted by Crippen LogP contribution is -2.30. The van der Waals surface area contributed by atoms with Crippen LogP contribution in [0.4, 0.5) is 0 Å². The number of aromatic nitrogens is 3. The van der Waals surface area contributed by atoms with E-state index in [4.69, 9.17) is 0 Å². The Balaban J connectivity index is 1.52. The van der Waals surface area contributed by atoms with Crippen LogP contribution in [0.1, 0.15) is 34.1 Å². The summed E-state index contributed by atoms with van der Waals surface area (Å²) in [6.45, 7) is 2.36. The van der Waals surface area contributed by atoms with E-state index in [1.54, 1.807) is 6.07 Å². The molecule has 22 heavy (non-hydrogen) atoms. The third-order valence-electron chi connectivity index (χ3n) is 3.55. The van der Waals surface area contributed by atoms with Crippen molar-refractivity contribution in [3.63, 3.8) is 0 Å². The fraction of sp³-hybridized carbons (Fsp3) is 0.333. The lowest BCUT2D eigenvalue weighted by atomic mass is 10.0. The Morgan fingerprint density at radius 1 is 1.45 bits per heavy atom. The predicted octanol–water partition coefficient (Wildman–Crippen LogP) is 1.69. The Labute approximate surface area is 132 Å². The van der Waals surface area contributed by atoms with Crippen molar-refractivity contribution >= 4 is 23.5 Å². The Morgan fingerprint density at radius 2 is 2.27 bits per heavy atom. The van der Waals surface area contributed by atoms with Crippen molar-refractivity contribution in [1.29, 1.82) is 0 Å². The average molecular weight is 316 g/mol. The average Bonchev–Trinajstić information content (AvgIpc) is 3.08. The molecular weight excluding hydrogens is 300 g/mol. The highest BCUT2D eigenvalue weighted by molar-refractivity contribution is 7.99. The van der Waals surface area contributed by atoms with Crippen molar-refractivity contribution in [2.75, 3.05) is 12.3 Å². The molecule has 0 bridgehead atoms. The molecular formula is C15H16N4O2S. The number of Topliss-reactive ketones (excluding diaryl/α,β-unsaturated/α-hetero) is 1. The number of nitrogens with one attached hydrogen (secondary N) is 2. The second-order valence-corrected chi connectivity index (χ2v) is 6.17. The Hall–Kier alpha value is -2.15. The maximum absolute atomic E-state index is 12.3. The van der Waals surface area contributed by atoms with Gasteiger partial charge in [-0.2, -0.15) is 0 Å². The molecule has 0 spiro atoms. The number of nitrogens with zero attached hydrogens (tertiary/aromatic N) is 2. The van der Waals surface area contributed by atoms with Crippen LogP contribution < -0.4 is 5.32 Å². The summed E-state index contributed by atoms with van der Waals surface area (Å²) in [5.74, 6) is 1.05. The number of benzene rings is 1. The molecule has 114 valence electrons. The molecule has 1 aliphatic carbocycles. The number of hydrogen-bond donors (Lipinski definition) is 2. The third kappa shape index (κ3) is 3.04. The van der Waals surface area contributed by atoms with Gasteiger partial charge in [0, 0.05) is 24.3 Å². The molecule has 1 aliphatic rings. The molecule has 7 heteroatoms. The van der Waals surface area contributed by atoms with Crippen LogP contribution in [0.3, 0.4) is 0 Å². The smallest absolute Gasteiger partial charge is 0.228 e. The van der Waals surface area contributed by atoms with E-state index >= 15 is 0 Å². The number of aromatic amines is 1. The highest BCUT2D eigenvalue weighted by Gasteiger charge is 2.33.